The van der Waals surface area contributed by atoms with Crippen LogP contribution in [0.1, 0.15) is 28.7 Å². The molecule has 0 radical (unpaired) electrons. The average molecular weight is 278 g/mol. The fourth-order valence-corrected chi connectivity index (χ4v) is 2.50. The molecule has 0 bridgehead atoms. The molecular formula is C19H22N2. The Hall–Kier alpha value is -2.48. The fraction of sp³-hybridized carbons (Fsp3) is 0.158. The molecule has 2 nitrogen and oxygen atoms in total. The van der Waals surface area contributed by atoms with Crippen molar-refractivity contribution in [3.05, 3.63) is 84.4 Å². The standard InChI is InChI=1S/C19H22N2/c1-5-7-11-17-15(3)16(4)18(12-8-6-2)21(17)19-13-9-10-14-20-19/h5-14,19-20H,1-2H2,3-4H3/b11-7-,12-8-. The number of rotatable bonds is 5. The highest BCUT2D eigenvalue weighted by molar-refractivity contribution is 5.64. The first-order valence-corrected chi connectivity index (χ1v) is 7.09. The van der Waals surface area contributed by atoms with Crippen LogP contribution >= 0.6 is 0 Å². The van der Waals surface area contributed by atoms with Crippen LogP contribution in [0.25, 0.3) is 12.2 Å². The summed E-state index contributed by atoms with van der Waals surface area (Å²) in [5.74, 6) is 0. The van der Waals surface area contributed by atoms with Crippen molar-refractivity contribution in [2.45, 2.75) is 20.0 Å². The Balaban J connectivity index is 2.63. The Morgan fingerprint density at radius 3 is 2.00 bits per heavy atom. The first-order valence-electron chi connectivity index (χ1n) is 7.09. The van der Waals surface area contributed by atoms with Gasteiger partial charge >= 0.3 is 0 Å². The van der Waals surface area contributed by atoms with Gasteiger partial charge in [-0.15, -0.1) is 0 Å². The quantitative estimate of drug-likeness (QED) is 0.774. The summed E-state index contributed by atoms with van der Waals surface area (Å²) in [6.07, 6.45) is 20.0. The van der Waals surface area contributed by atoms with E-state index in [0.29, 0.717) is 0 Å². The molecule has 2 rings (SSSR count). The zero-order valence-electron chi connectivity index (χ0n) is 12.7. The third-order valence-electron chi connectivity index (χ3n) is 3.68. The minimum absolute atomic E-state index is 0.108. The van der Waals surface area contributed by atoms with Crippen LogP contribution < -0.4 is 5.32 Å². The zero-order valence-corrected chi connectivity index (χ0v) is 12.7. The summed E-state index contributed by atoms with van der Waals surface area (Å²) in [5, 5.41) is 3.39. The number of hydrogen-bond acceptors (Lipinski definition) is 1. The normalized spacial score (nSPS) is 17.5. The predicted molar refractivity (Wildman–Crippen MR) is 92.8 cm³/mol. The monoisotopic (exact) mass is 278 g/mol. The molecule has 1 atom stereocenters. The average Bonchev–Trinajstić information content (AvgIpc) is 2.76. The maximum Gasteiger partial charge on any atom is 0.123 e. The van der Waals surface area contributed by atoms with E-state index in [-0.39, 0.29) is 6.17 Å². The number of nitrogens with one attached hydrogen (secondary N) is 1. The highest BCUT2D eigenvalue weighted by Crippen LogP contribution is 2.28. The molecule has 0 fully saturated rings. The molecule has 1 unspecified atom stereocenters. The van der Waals surface area contributed by atoms with E-state index in [1.165, 1.54) is 22.5 Å². The van der Waals surface area contributed by atoms with Crippen LogP contribution in [0.5, 0.6) is 0 Å². The van der Waals surface area contributed by atoms with E-state index in [9.17, 15) is 0 Å². The summed E-state index contributed by atoms with van der Waals surface area (Å²) in [6.45, 7) is 11.8. The summed E-state index contributed by atoms with van der Waals surface area (Å²) < 4.78 is 2.30. The molecule has 0 saturated heterocycles. The first kappa shape index (κ1) is 14.9. The minimum Gasteiger partial charge on any atom is -0.368 e. The van der Waals surface area contributed by atoms with Crippen LogP contribution in [-0.2, 0) is 0 Å². The van der Waals surface area contributed by atoms with E-state index in [4.69, 9.17) is 0 Å². The molecule has 21 heavy (non-hydrogen) atoms. The van der Waals surface area contributed by atoms with Crippen molar-refractivity contribution < 1.29 is 0 Å². The third-order valence-corrected chi connectivity index (χ3v) is 3.68. The van der Waals surface area contributed by atoms with Crippen molar-refractivity contribution >= 4 is 12.2 Å². The molecule has 0 aromatic carbocycles. The Bertz CT molecular complexity index is 610. The molecular weight excluding hydrogens is 256 g/mol. The minimum atomic E-state index is 0.108. The Morgan fingerprint density at radius 1 is 1.00 bits per heavy atom. The van der Waals surface area contributed by atoms with Crippen LogP contribution in [0.2, 0.25) is 0 Å². The molecule has 2 heterocycles. The number of hydrogen-bond donors (Lipinski definition) is 1. The lowest BCUT2D eigenvalue weighted by atomic mass is 10.1. The van der Waals surface area contributed by atoms with Crippen molar-refractivity contribution in [1.82, 2.24) is 9.88 Å². The second-order valence-corrected chi connectivity index (χ2v) is 4.94. The molecule has 0 amide bonds. The van der Waals surface area contributed by atoms with E-state index < -0.39 is 0 Å². The smallest absolute Gasteiger partial charge is 0.123 e. The summed E-state index contributed by atoms with van der Waals surface area (Å²) in [6, 6.07) is 0. The fourth-order valence-electron chi connectivity index (χ4n) is 2.50. The van der Waals surface area contributed by atoms with E-state index in [0.717, 1.165) is 0 Å². The Kier molecular flexibility index (Phi) is 4.83. The van der Waals surface area contributed by atoms with Crippen LogP contribution in [-0.4, -0.2) is 4.57 Å². The summed E-state index contributed by atoms with van der Waals surface area (Å²) in [4.78, 5) is 0. The molecule has 0 aliphatic carbocycles. The molecule has 1 aromatic rings. The van der Waals surface area contributed by atoms with E-state index in [1.807, 2.05) is 24.4 Å². The van der Waals surface area contributed by atoms with Gasteiger partial charge in [0.25, 0.3) is 0 Å². The highest BCUT2D eigenvalue weighted by atomic mass is 15.2. The van der Waals surface area contributed by atoms with E-state index >= 15 is 0 Å². The lowest BCUT2D eigenvalue weighted by Gasteiger charge is -2.22. The van der Waals surface area contributed by atoms with Gasteiger partial charge in [0.15, 0.2) is 0 Å². The number of aromatic nitrogens is 1. The Morgan fingerprint density at radius 2 is 1.57 bits per heavy atom. The van der Waals surface area contributed by atoms with Gasteiger partial charge in [-0.2, -0.15) is 0 Å². The maximum atomic E-state index is 3.76. The number of nitrogens with zero attached hydrogens (tertiary/aromatic N) is 1. The summed E-state index contributed by atoms with van der Waals surface area (Å²) in [5.41, 5.74) is 4.94. The van der Waals surface area contributed by atoms with E-state index in [1.54, 1.807) is 12.2 Å². The van der Waals surface area contributed by atoms with Gasteiger partial charge in [-0.1, -0.05) is 43.5 Å². The van der Waals surface area contributed by atoms with Gasteiger partial charge in [0, 0.05) is 11.4 Å². The number of allylic oxidation sites excluding steroid dienone is 6. The lowest BCUT2D eigenvalue weighted by molar-refractivity contribution is 0.540. The molecule has 1 aliphatic rings. The van der Waals surface area contributed by atoms with Gasteiger partial charge in [0.05, 0.1) is 0 Å². The van der Waals surface area contributed by atoms with Crippen LogP contribution in [0.15, 0.2) is 61.9 Å². The second kappa shape index (κ2) is 6.80. The van der Waals surface area contributed by atoms with Gasteiger partial charge in [-0.25, -0.2) is 0 Å². The molecule has 1 aliphatic heterocycles. The molecule has 0 spiro atoms. The number of dihydropyridines is 1. The highest BCUT2D eigenvalue weighted by Gasteiger charge is 2.19. The molecule has 1 N–H and O–H groups in total. The van der Waals surface area contributed by atoms with Crippen LogP contribution in [0, 0.1) is 13.8 Å². The lowest BCUT2D eigenvalue weighted by Crippen LogP contribution is -2.23. The zero-order chi connectivity index (χ0) is 15.2. The van der Waals surface area contributed by atoms with Gasteiger partial charge < -0.3 is 9.88 Å². The largest absolute Gasteiger partial charge is 0.368 e. The SMILES string of the molecule is C=C/C=C\c1c(C)c(C)c(/C=C\C=C)n1C1C=CC=CN1. The first-order chi connectivity index (χ1) is 10.2. The van der Waals surface area contributed by atoms with Crippen molar-refractivity contribution in [3.8, 4) is 0 Å². The summed E-state index contributed by atoms with van der Waals surface area (Å²) in [7, 11) is 0. The van der Waals surface area contributed by atoms with Gasteiger partial charge in [0.2, 0.25) is 0 Å². The third kappa shape index (κ3) is 3.00. The maximum absolute atomic E-state index is 3.76. The van der Waals surface area contributed by atoms with Crippen LogP contribution in [0.4, 0.5) is 0 Å². The van der Waals surface area contributed by atoms with Crippen molar-refractivity contribution in [2.24, 2.45) is 0 Å². The summed E-state index contributed by atoms with van der Waals surface area (Å²) >= 11 is 0. The molecule has 108 valence electrons. The van der Waals surface area contributed by atoms with Gasteiger partial charge in [-0.3, -0.25) is 0 Å². The van der Waals surface area contributed by atoms with Crippen molar-refractivity contribution in [2.75, 3.05) is 0 Å². The molecule has 1 aromatic heterocycles. The van der Waals surface area contributed by atoms with Crippen molar-refractivity contribution in [1.29, 1.82) is 0 Å². The Labute approximate surface area is 127 Å². The van der Waals surface area contributed by atoms with Crippen LogP contribution in [0.3, 0.4) is 0 Å². The topological polar surface area (TPSA) is 17.0 Å². The molecule has 0 saturated carbocycles. The van der Waals surface area contributed by atoms with Crippen molar-refractivity contribution in [3.63, 3.8) is 0 Å². The van der Waals surface area contributed by atoms with Gasteiger partial charge in [0.1, 0.15) is 6.17 Å². The van der Waals surface area contributed by atoms with Gasteiger partial charge in [-0.05, 0) is 55.5 Å². The van der Waals surface area contributed by atoms with E-state index in [2.05, 4.69) is 61.2 Å². The second-order valence-electron chi connectivity index (χ2n) is 4.94. The predicted octanol–water partition coefficient (Wildman–Crippen LogP) is 4.68. The molecule has 2 heteroatoms.